The van der Waals surface area contributed by atoms with E-state index >= 15 is 0 Å². The SMILES string of the molecule is CC(C)(C)OC(=O)CC[C@@H](C(N)=O)N1C(=O)c2cccc(NCc3ccc(CCl)cc3F)c2C1=O. The van der Waals surface area contributed by atoms with Gasteiger partial charge in [-0.2, -0.15) is 0 Å². The molecule has 10 heteroatoms. The maximum atomic E-state index is 14.3. The van der Waals surface area contributed by atoms with Crippen LogP contribution in [0.1, 0.15) is 65.5 Å². The predicted molar refractivity (Wildman–Crippen MR) is 128 cm³/mol. The maximum Gasteiger partial charge on any atom is 0.306 e. The molecule has 0 unspecified atom stereocenters. The summed E-state index contributed by atoms with van der Waals surface area (Å²) in [7, 11) is 0. The number of esters is 1. The average molecular weight is 504 g/mol. The Morgan fingerprint density at radius 3 is 2.49 bits per heavy atom. The smallest absolute Gasteiger partial charge is 0.306 e. The van der Waals surface area contributed by atoms with E-state index in [9.17, 15) is 23.6 Å². The summed E-state index contributed by atoms with van der Waals surface area (Å²) >= 11 is 5.73. The third kappa shape index (κ3) is 5.97. The van der Waals surface area contributed by atoms with Crippen molar-refractivity contribution in [2.24, 2.45) is 5.73 Å². The summed E-state index contributed by atoms with van der Waals surface area (Å²) in [6, 6.07) is 7.90. The number of rotatable bonds is 9. The molecular weight excluding hydrogens is 477 g/mol. The van der Waals surface area contributed by atoms with E-state index in [4.69, 9.17) is 22.1 Å². The second-order valence-electron chi connectivity index (χ2n) is 9.16. The molecule has 8 nitrogen and oxygen atoms in total. The number of anilines is 1. The third-order valence-corrected chi connectivity index (χ3v) is 5.68. The number of ether oxygens (including phenoxy) is 1. The zero-order chi connectivity index (χ0) is 25.9. The number of imide groups is 1. The highest BCUT2D eigenvalue weighted by molar-refractivity contribution is 6.25. The van der Waals surface area contributed by atoms with Gasteiger partial charge >= 0.3 is 5.97 Å². The van der Waals surface area contributed by atoms with Crippen molar-refractivity contribution in [2.45, 2.75) is 57.7 Å². The van der Waals surface area contributed by atoms with Crippen LogP contribution in [0.5, 0.6) is 0 Å². The van der Waals surface area contributed by atoms with Crippen LogP contribution in [0.2, 0.25) is 0 Å². The molecule has 0 spiro atoms. The number of fused-ring (bicyclic) bond motifs is 1. The lowest BCUT2D eigenvalue weighted by molar-refractivity contribution is -0.155. The average Bonchev–Trinajstić information content (AvgIpc) is 3.02. The van der Waals surface area contributed by atoms with Crippen molar-refractivity contribution in [3.63, 3.8) is 0 Å². The van der Waals surface area contributed by atoms with Crippen LogP contribution in [0.4, 0.5) is 10.1 Å². The Morgan fingerprint density at radius 1 is 1.17 bits per heavy atom. The summed E-state index contributed by atoms with van der Waals surface area (Å²) in [5.74, 6) is -3.19. The van der Waals surface area contributed by atoms with E-state index in [2.05, 4.69) is 5.32 Å². The van der Waals surface area contributed by atoms with Gasteiger partial charge in [0.1, 0.15) is 17.5 Å². The second kappa shape index (κ2) is 10.4. The fourth-order valence-electron chi connectivity index (χ4n) is 3.79. The van der Waals surface area contributed by atoms with Crippen LogP contribution in [-0.2, 0) is 26.8 Å². The van der Waals surface area contributed by atoms with Gasteiger partial charge in [0, 0.05) is 30.1 Å². The second-order valence-corrected chi connectivity index (χ2v) is 9.43. The van der Waals surface area contributed by atoms with Gasteiger partial charge in [0.2, 0.25) is 5.91 Å². The lowest BCUT2D eigenvalue weighted by atomic mass is 10.1. The van der Waals surface area contributed by atoms with E-state index in [1.54, 1.807) is 45.0 Å². The predicted octanol–water partition coefficient (Wildman–Crippen LogP) is 3.75. The molecule has 0 aromatic heterocycles. The lowest BCUT2D eigenvalue weighted by Crippen LogP contribution is -2.48. The van der Waals surface area contributed by atoms with Crippen molar-refractivity contribution in [1.29, 1.82) is 0 Å². The zero-order valence-electron chi connectivity index (χ0n) is 19.7. The summed E-state index contributed by atoms with van der Waals surface area (Å²) in [4.78, 5) is 51.4. The first-order chi connectivity index (χ1) is 16.4. The molecule has 186 valence electrons. The van der Waals surface area contributed by atoms with Gasteiger partial charge in [0.15, 0.2) is 0 Å². The van der Waals surface area contributed by atoms with E-state index < -0.39 is 41.2 Å². The Bertz CT molecular complexity index is 1180. The number of primary amides is 1. The summed E-state index contributed by atoms with van der Waals surface area (Å²) in [6.07, 6.45) is -0.377. The van der Waals surface area contributed by atoms with Crippen LogP contribution >= 0.6 is 11.6 Å². The van der Waals surface area contributed by atoms with Crippen molar-refractivity contribution in [1.82, 2.24) is 4.90 Å². The van der Waals surface area contributed by atoms with Crippen molar-refractivity contribution in [3.8, 4) is 0 Å². The third-order valence-electron chi connectivity index (χ3n) is 5.37. The lowest BCUT2D eigenvalue weighted by Gasteiger charge is -2.24. The molecule has 1 heterocycles. The molecule has 2 aromatic rings. The zero-order valence-corrected chi connectivity index (χ0v) is 20.4. The highest BCUT2D eigenvalue weighted by Gasteiger charge is 2.43. The van der Waals surface area contributed by atoms with Gasteiger partial charge in [0.05, 0.1) is 11.1 Å². The number of carbonyl (C=O) groups is 4. The van der Waals surface area contributed by atoms with Gasteiger partial charge in [-0.1, -0.05) is 18.2 Å². The number of alkyl halides is 1. The highest BCUT2D eigenvalue weighted by atomic mass is 35.5. The van der Waals surface area contributed by atoms with E-state index in [1.165, 1.54) is 12.1 Å². The minimum Gasteiger partial charge on any atom is -0.460 e. The summed E-state index contributed by atoms with van der Waals surface area (Å²) in [6.45, 7) is 5.15. The Balaban J connectivity index is 1.80. The first kappa shape index (κ1) is 26.2. The van der Waals surface area contributed by atoms with Crippen LogP contribution in [0, 0.1) is 5.82 Å². The molecule has 0 saturated heterocycles. The number of nitrogens with zero attached hydrogens (tertiary/aromatic N) is 1. The Labute approximate surface area is 207 Å². The normalized spacial score (nSPS) is 14.0. The molecule has 0 radical (unpaired) electrons. The molecule has 1 aliphatic heterocycles. The number of halogens is 2. The van der Waals surface area contributed by atoms with Crippen molar-refractivity contribution < 1.29 is 28.3 Å². The van der Waals surface area contributed by atoms with Crippen LogP contribution < -0.4 is 11.1 Å². The molecule has 2 aromatic carbocycles. The number of nitrogens with one attached hydrogen (secondary N) is 1. The van der Waals surface area contributed by atoms with Crippen LogP contribution in [0.25, 0.3) is 0 Å². The molecule has 0 fully saturated rings. The quantitative estimate of drug-likeness (QED) is 0.305. The van der Waals surface area contributed by atoms with Gasteiger partial charge in [-0.25, -0.2) is 4.39 Å². The first-order valence-corrected chi connectivity index (χ1v) is 11.6. The molecule has 0 saturated carbocycles. The maximum absolute atomic E-state index is 14.3. The van der Waals surface area contributed by atoms with E-state index in [-0.39, 0.29) is 36.4 Å². The van der Waals surface area contributed by atoms with Gasteiger partial charge in [0.25, 0.3) is 11.8 Å². The topological polar surface area (TPSA) is 119 Å². The number of hydrogen-bond acceptors (Lipinski definition) is 6. The minimum absolute atomic E-state index is 0.0458. The van der Waals surface area contributed by atoms with Gasteiger partial charge in [-0.05, 0) is 51.0 Å². The van der Waals surface area contributed by atoms with Gasteiger partial charge < -0.3 is 15.8 Å². The minimum atomic E-state index is -1.33. The molecule has 3 N–H and O–H groups in total. The molecule has 3 amide bonds. The van der Waals surface area contributed by atoms with Crippen molar-refractivity contribution >= 4 is 41.0 Å². The molecular formula is C25H27ClFN3O5. The number of amides is 3. The Morgan fingerprint density at radius 2 is 1.89 bits per heavy atom. The molecule has 35 heavy (non-hydrogen) atoms. The summed E-state index contributed by atoms with van der Waals surface area (Å²) in [5, 5.41) is 2.99. The van der Waals surface area contributed by atoms with Crippen molar-refractivity contribution in [2.75, 3.05) is 5.32 Å². The Hall–Kier alpha value is -3.46. The monoisotopic (exact) mass is 503 g/mol. The Kier molecular flexibility index (Phi) is 7.80. The van der Waals surface area contributed by atoms with E-state index in [0.717, 1.165) is 4.90 Å². The van der Waals surface area contributed by atoms with E-state index in [1.807, 2.05) is 0 Å². The van der Waals surface area contributed by atoms with Gasteiger partial charge in [-0.3, -0.25) is 24.1 Å². The number of benzene rings is 2. The standard InChI is InChI=1S/C25H27ClFN3O5/c1-25(2,3)35-20(31)10-9-19(22(28)32)30-23(33)16-5-4-6-18(21(16)24(30)34)29-13-15-8-7-14(12-26)11-17(15)27/h4-8,11,19,29H,9-10,12-13H2,1-3H3,(H2,28,32)/t19-/m0/s1. The molecule has 1 atom stereocenters. The molecule has 0 aliphatic carbocycles. The van der Waals surface area contributed by atoms with Crippen LogP contribution in [0.15, 0.2) is 36.4 Å². The summed E-state index contributed by atoms with van der Waals surface area (Å²) < 4.78 is 19.6. The highest BCUT2D eigenvalue weighted by Crippen LogP contribution is 2.32. The van der Waals surface area contributed by atoms with Crippen LogP contribution in [0.3, 0.4) is 0 Å². The fourth-order valence-corrected chi connectivity index (χ4v) is 3.95. The van der Waals surface area contributed by atoms with Crippen LogP contribution in [-0.4, -0.2) is 40.2 Å². The van der Waals surface area contributed by atoms with Gasteiger partial charge in [-0.15, -0.1) is 11.6 Å². The largest absolute Gasteiger partial charge is 0.460 e. The first-order valence-electron chi connectivity index (χ1n) is 11.0. The number of carbonyl (C=O) groups excluding carboxylic acids is 4. The van der Waals surface area contributed by atoms with E-state index in [0.29, 0.717) is 16.8 Å². The van der Waals surface area contributed by atoms with Crippen molar-refractivity contribution in [3.05, 3.63) is 64.5 Å². The number of nitrogens with two attached hydrogens (primary N) is 1. The molecule has 0 bridgehead atoms. The molecule has 3 rings (SSSR count). The molecule has 1 aliphatic rings. The summed E-state index contributed by atoms with van der Waals surface area (Å²) in [5.41, 5.74) is 6.20. The number of hydrogen-bond donors (Lipinski definition) is 2. The fraction of sp³-hybridized carbons (Fsp3) is 0.360.